The van der Waals surface area contributed by atoms with Crippen molar-refractivity contribution in [1.29, 1.82) is 0 Å². The summed E-state index contributed by atoms with van der Waals surface area (Å²) in [6.07, 6.45) is 0.762. The van der Waals surface area contributed by atoms with Gasteiger partial charge in [-0.25, -0.2) is 5.10 Å². The second kappa shape index (κ2) is 1.98. The minimum Gasteiger partial charge on any atom is -0.493 e. The van der Waals surface area contributed by atoms with E-state index < -0.39 is 0 Å². The Morgan fingerprint density at radius 2 is 2.50 bits per heavy atom. The molecule has 0 aliphatic carbocycles. The van der Waals surface area contributed by atoms with Crippen molar-refractivity contribution in [3.63, 3.8) is 0 Å². The quantitative estimate of drug-likeness (QED) is 0.540. The van der Waals surface area contributed by atoms with E-state index >= 15 is 0 Å². The first-order valence-corrected chi connectivity index (χ1v) is 3.21. The molecule has 0 unspecified atom stereocenters. The zero-order valence-corrected chi connectivity index (χ0v) is 5.42. The lowest BCUT2D eigenvalue weighted by Gasteiger charge is -2.09. The van der Waals surface area contributed by atoms with E-state index in [4.69, 9.17) is 9.84 Å². The van der Waals surface area contributed by atoms with Crippen molar-refractivity contribution in [2.75, 3.05) is 6.61 Å². The van der Waals surface area contributed by atoms with Gasteiger partial charge in [0, 0.05) is 12.0 Å². The Morgan fingerprint density at radius 1 is 1.60 bits per heavy atom. The minimum atomic E-state index is 0.193. The molecule has 0 atom stereocenters. The number of aromatic amines is 1. The van der Waals surface area contributed by atoms with E-state index in [-0.39, 0.29) is 5.88 Å². The molecule has 0 saturated heterocycles. The van der Waals surface area contributed by atoms with E-state index in [0.29, 0.717) is 13.2 Å². The lowest BCUT2D eigenvalue weighted by atomic mass is 10.1. The summed E-state index contributed by atoms with van der Waals surface area (Å²) in [5, 5.41) is 15.5. The molecule has 54 valence electrons. The highest BCUT2D eigenvalue weighted by molar-refractivity contribution is 5.29. The molecule has 0 amide bonds. The summed E-state index contributed by atoms with van der Waals surface area (Å²) in [4.78, 5) is 0. The number of ether oxygens (including phenoxy) is 1. The van der Waals surface area contributed by atoms with Gasteiger partial charge in [-0.2, -0.15) is 5.10 Å². The van der Waals surface area contributed by atoms with E-state index in [1.54, 1.807) is 0 Å². The van der Waals surface area contributed by atoms with Crippen LogP contribution in [-0.2, 0) is 17.8 Å². The summed E-state index contributed by atoms with van der Waals surface area (Å²) >= 11 is 0. The van der Waals surface area contributed by atoms with Crippen LogP contribution in [-0.4, -0.2) is 21.9 Å². The molecule has 4 nitrogen and oxygen atoms in total. The molecule has 1 aromatic rings. The Balaban J connectivity index is 2.45. The zero-order chi connectivity index (χ0) is 6.97. The van der Waals surface area contributed by atoms with Crippen molar-refractivity contribution >= 4 is 0 Å². The second-order valence-electron chi connectivity index (χ2n) is 2.30. The van der Waals surface area contributed by atoms with Crippen molar-refractivity contribution in [3.05, 3.63) is 11.3 Å². The monoisotopic (exact) mass is 140 g/mol. The van der Waals surface area contributed by atoms with Crippen molar-refractivity contribution in [2.24, 2.45) is 0 Å². The third-order valence-corrected chi connectivity index (χ3v) is 1.67. The van der Waals surface area contributed by atoms with Crippen LogP contribution in [0.25, 0.3) is 0 Å². The van der Waals surface area contributed by atoms with Crippen molar-refractivity contribution in [2.45, 2.75) is 13.0 Å². The van der Waals surface area contributed by atoms with Crippen molar-refractivity contribution < 1.29 is 9.84 Å². The fourth-order valence-corrected chi connectivity index (χ4v) is 1.12. The number of hydrogen-bond donors (Lipinski definition) is 2. The van der Waals surface area contributed by atoms with Crippen LogP contribution < -0.4 is 0 Å². The first-order chi connectivity index (χ1) is 4.88. The van der Waals surface area contributed by atoms with Crippen LogP contribution >= 0.6 is 0 Å². The SMILES string of the molecule is Oc1[nH]nc2c1CCOC2. The van der Waals surface area contributed by atoms with E-state index in [2.05, 4.69) is 10.2 Å². The molecule has 1 aromatic heterocycles. The molecule has 2 heterocycles. The number of hydrogen-bond acceptors (Lipinski definition) is 3. The van der Waals surface area contributed by atoms with Crippen LogP contribution in [0.5, 0.6) is 5.88 Å². The molecule has 0 bridgehead atoms. The Morgan fingerprint density at radius 3 is 3.30 bits per heavy atom. The molecular formula is C6H8N2O2. The zero-order valence-electron chi connectivity index (χ0n) is 5.42. The van der Waals surface area contributed by atoms with Gasteiger partial charge in [-0.05, 0) is 0 Å². The molecule has 10 heavy (non-hydrogen) atoms. The smallest absolute Gasteiger partial charge is 0.210 e. The molecule has 2 N–H and O–H groups in total. The summed E-state index contributed by atoms with van der Waals surface area (Å²) in [7, 11) is 0. The largest absolute Gasteiger partial charge is 0.493 e. The van der Waals surface area contributed by atoms with Gasteiger partial charge < -0.3 is 9.84 Å². The van der Waals surface area contributed by atoms with Crippen LogP contribution in [0.1, 0.15) is 11.3 Å². The molecule has 1 aliphatic rings. The Labute approximate surface area is 57.8 Å². The van der Waals surface area contributed by atoms with Gasteiger partial charge in [0.05, 0.1) is 18.9 Å². The van der Waals surface area contributed by atoms with Crippen molar-refractivity contribution in [3.8, 4) is 5.88 Å². The first-order valence-electron chi connectivity index (χ1n) is 3.21. The van der Waals surface area contributed by atoms with Crippen LogP contribution in [0.15, 0.2) is 0 Å². The molecule has 0 aromatic carbocycles. The highest BCUT2D eigenvalue weighted by Gasteiger charge is 2.15. The van der Waals surface area contributed by atoms with Gasteiger partial charge >= 0.3 is 0 Å². The fourth-order valence-electron chi connectivity index (χ4n) is 1.12. The van der Waals surface area contributed by atoms with E-state index in [0.717, 1.165) is 17.7 Å². The summed E-state index contributed by atoms with van der Waals surface area (Å²) in [6, 6.07) is 0. The highest BCUT2D eigenvalue weighted by Crippen LogP contribution is 2.21. The third kappa shape index (κ3) is 0.690. The van der Waals surface area contributed by atoms with Gasteiger partial charge in [0.1, 0.15) is 0 Å². The number of H-pyrrole nitrogens is 1. The van der Waals surface area contributed by atoms with Crippen molar-refractivity contribution in [1.82, 2.24) is 10.2 Å². The Hall–Kier alpha value is -1.03. The molecular weight excluding hydrogens is 132 g/mol. The number of aromatic nitrogens is 2. The second-order valence-corrected chi connectivity index (χ2v) is 2.30. The van der Waals surface area contributed by atoms with Gasteiger partial charge in [0.25, 0.3) is 0 Å². The lowest BCUT2D eigenvalue weighted by Crippen LogP contribution is -2.08. The summed E-state index contributed by atoms with van der Waals surface area (Å²) in [5.74, 6) is 0.193. The lowest BCUT2D eigenvalue weighted by molar-refractivity contribution is 0.107. The highest BCUT2D eigenvalue weighted by atomic mass is 16.5. The first kappa shape index (κ1) is 5.73. The number of nitrogens with zero attached hydrogens (tertiary/aromatic N) is 1. The molecule has 0 spiro atoms. The number of fused-ring (bicyclic) bond motifs is 1. The number of aromatic hydroxyl groups is 1. The van der Waals surface area contributed by atoms with E-state index in [1.807, 2.05) is 0 Å². The normalized spacial score (nSPS) is 16.8. The van der Waals surface area contributed by atoms with E-state index in [9.17, 15) is 0 Å². The average molecular weight is 140 g/mol. The fraction of sp³-hybridized carbons (Fsp3) is 0.500. The molecule has 4 heteroatoms. The average Bonchev–Trinajstić information content (AvgIpc) is 2.34. The number of nitrogens with one attached hydrogen (secondary N) is 1. The van der Waals surface area contributed by atoms with Gasteiger partial charge in [-0.3, -0.25) is 0 Å². The summed E-state index contributed by atoms with van der Waals surface area (Å²) < 4.78 is 5.12. The van der Waals surface area contributed by atoms with Crippen LogP contribution in [0, 0.1) is 0 Å². The standard InChI is InChI=1S/C6H8N2O2/c9-6-4-1-2-10-3-5(4)7-8-6/h1-3H2,(H2,7,8,9). The summed E-state index contributed by atoms with van der Waals surface area (Å²) in [6.45, 7) is 1.20. The molecule has 0 saturated carbocycles. The number of rotatable bonds is 0. The van der Waals surface area contributed by atoms with E-state index in [1.165, 1.54) is 0 Å². The Kier molecular flexibility index (Phi) is 1.14. The topological polar surface area (TPSA) is 58.1 Å². The predicted octanol–water partition coefficient (Wildman–Crippen LogP) is 0.188. The summed E-state index contributed by atoms with van der Waals surface area (Å²) in [5.41, 5.74) is 1.75. The molecule has 0 fully saturated rings. The van der Waals surface area contributed by atoms with Crippen LogP contribution in [0.3, 0.4) is 0 Å². The van der Waals surface area contributed by atoms with Gasteiger partial charge in [0.2, 0.25) is 5.88 Å². The molecule has 0 radical (unpaired) electrons. The van der Waals surface area contributed by atoms with Gasteiger partial charge in [0.15, 0.2) is 0 Å². The maximum atomic E-state index is 9.12. The maximum absolute atomic E-state index is 9.12. The predicted molar refractivity (Wildman–Crippen MR) is 33.6 cm³/mol. The minimum absolute atomic E-state index is 0.193. The van der Waals surface area contributed by atoms with Gasteiger partial charge in [-0.15, -0.1) is 0 Å². The maximum Gasteiger partial charge on any atom is 0.210 e. The van der Waals surface area contributed by atoms with Gasteiger partial charge in [-0.1, -0.05) is 0 Å². The Bertz CT molecular complexity index is 244. The van der Waals surface area contributed by atoms with Crippen LogP contribution in [0.2, 0.25) is 0 Å². The molecule has 1 aliphatic heterocycles. The molecule has 2 rings (SSSR count). The third-order valence-electron chi connectivity index (χ3n) is 1.67. The van der Waals surface area contributed by atoms with Crippen LogP contribution in [0.4, 0.5) is 0 Å².